The summed E-state index contributed by atoms with van der Waals surface area (Å²) in [6, 6.07) is 16.3. The van der Waals surface area contributed by atoms with Crippen LogP contribution < -0.4 is 9.69 Å². The van der Waals surface area contributed by atoms with E-state index in [1.165, 1.54) is 11.1 Å². The largest absolute Gasteiger partial charge is 0.282 e. The standard InChI is InChI=1S/C17H17N4/c1-15-6-8-16(9-7-15)14-21(17-18-10-5-11-19-17)20-12-3-2-4-13-20/h2-13H,14H2,1H3/q+1. The van der Waals surface area contributed by atoms with Crippen LogP contribution in [0.3, 0.4) is 0 Å². The van der Waals surface area contributed by atoms with E-state index in [1.54, 1.807) is 12.4 Å². The number of aryl methyl sites for hydroxylation is 1. The maximum Gasteiger partial charge on any atom is 0.282 e. The lowest BCUT2D eigenvalue weighted by atomic mass is 10.1. The average molecular weight is 277 g/mol. The zero-order valence-electron chi connectivity index (χ0n) is 11.9. The Kier molecular flexibility index (Phi) is 3.87. The van der Waals surface area contributed by atoms with Gasteiger partial charge in [0.05, 0.1) is 0 Å². The molecule has 0 atom stereocenters. The highest BCUT2D eigenvalue weighted by Gasteiger charge is 2.18. The lowest BCUT2D eigenvalue weighted by Gasteiger charge is -2.15. The lowest BCUT2D eigenvalue weighted by molar-refractivity contribution is -0.687. The zero-order chi connectivity index (χ0) is 14.5. The van der Waals surface area contributed by atoms with Crippen LogP contribution in [0.5, 0.6) is 0 Å². The summed E-state index contributed by atoms with van der Waals surface area (Å²) < 4.78 is 2.00. The van der Waals surface area contributed by atoms with Gasteiger partial charge in [0.1, 0.15) is 6.54 Å². The molecule has 0 aliphatic heterocycles. The quantitative estimate of drug-likeness (QED) is 0.687. The Hall–Kier alpha value is -2.75. The normalized spacial score (nSPS) is 10.3. The Labute approximate surface area is 124 Å². The van der Waals surface area contributed by atoms with Gasteiger partial charge in [-0.25, -0.2) is 9.97 Å². The first-order chi connectivity index (χ1) is 10.3. The van der Waals surface area contributed by atoms with Crippen molar-refractivity contribution < 1.29 is 4.68 Å². The van der Waals surface area contributed by atoms with Gasteiger partial charge in [0.2, 0.25) is 0 Å². The molecule has 3 rings (SSSR count). The third-order valence-electron chi connectivity index (χ3n) is 3.21. The van der Waals surface area contributed by atoms with E-state index in [9.17, 15) is 0 Å². The first kappa shape index (κ1) is 13.2. The molecule has 0 saturated carbocycles. The van der Waals surface area contributed by atoms with Crippen LogP contribution in [0.25, 0.3) is 0 Å². The van der Waals surface area contributed by atoms with E-state index < -0.39 is 0 Å². The highest BCUT2D eigenvalue weighted by Crippen LogP contribution is 2.10. The van der Waals surface area contributed by atoms with Crippen molar-refractivity contribution in [3.63, 3.8) is 0 Å². The second-order valence-corrected chi connectivity index (χ2v) is 4.85. The number of benzene rings is 1. The van der Waals surface area contributed by atoms with Gasteiger partial charge in [-0.1, -0.05) is 40.6 Å². The summed E-state index contributed by atoms with van der Waals surface area (Å²) >= 11 is 0. The van der Waals surface area contributed by atoms with Crippen molar-refractivity contribution >= 4 is 5.95 Å². The second-order valence-electron chi connectivity index (χ2n) is 4.85. The van der Waals surface area contributed by atoms with Gasteiger partial charge in [-0.2, -0.15) is 0 Å². The van der Waals surface area contributed by atoms with Gasteiger partial charge in [0.25, 0.3) is 5.95 Å². The molecule has 2 aromatic heterocycles. The monoisotopic (exact) mass is 277 g/mol. The Morgan fingerprint density at radius 1 is 0.905 bits per heavy atom. The van der Waals surface area contributed by atoms with Gasteiger partial charge in [-0.05, 0) is 18.6 Å². The van der Waals surface area contributed by atoms with E-state index in [4.69, 9.17) is 0 Å². The minimum atomic E-state index is 0.675. The molecule has 0 radical (unpaired) electrons. The van der Waals surface area contributed by atoms with Crippen molar-refractivity contribution in [2.45, 2.75) is 13.5 Å². The van der Waals surface area contributed by atoms with Crippen molar-refractivity contribution in [3.8, 4) is 0 Å². The molecule has 0 N–H and O–H groups in total. The molecule has 0 amide bonds. The molecule has 0 aliphatic carbocycles. The van der Waals surface area contributed by atoms with Crippen molar-refractivity contribution in [2.24, 2.45) is 0 Å². The van der Waals surface area contributed by atoms with E-state index in [0.717, 1.165) is 0 Å². The van der Waals surface area contributed by atoms with Gasteiger partial charge in [-0.15, -0.1) is 5.01 Å². The number of anilines is 1. The first-order valence-electron chi connectivity index (χ1n) is 6.89. The number of nitrogens with zero attached hydrogens (tertiary/aromatic N) is 4. The fourth-order valence-corrected chi connectivity index (χ4v) is 2.10. The second kappa shape index (κ2) is 6.13. The van der Waals surface area contributed by atoms with Crippen LogP contribution in [0.1, 0.15) is 11.1 Å². The first-order valence-corrected chi connectivity index (χ1v) is 6.89. The smallest absolute Gasteiger partial charge is 0.217 e. The average Bonchev–Trinajstić information content (AvgIpc) is 2.56. The predicted octanol–water partition coefficient (Wildman–Crippen LogP) is 2.54. The Morgan fingerprint density at radius 2 is 1.57 bits per heavy atom. The van der Waals surface area contributed by atoms with E-state index >= 15 is 0 Å². The van der Waals surface area contributed by atoms with E-state index in [1.807, 2.05) is 46.3 Å². The van der Waals surface area contributed by atoms with Crippen LogP contribution in [0.15, 0.2) is 73.3 Å². The zero-order valence-corrected chi connectivity index (χ0v) is 11.9. The molecule has 21 heavy (non-hydrogen) atoms. The molecule has 0 fully saturated rings. The fourth-order valence-electron chi connectivity index (χ4n) is 2.10. The topological polar surface area (TPSA) is 32.9 Å². The SMILES string of the molecule is Cc1ccc(CN(c2ncccn2)[n+]2ccccc2)cc1. The van der Waals surface area contributed by atoms with Gasteiger partial charge in [0.15, 0.2) is 12.4 Å². The van der Waals surface area contributed by atoms with Crippen molar-refractivity contribution in [2.75, 3.05) is 5.01 Å². The molecule has 104 valence electrons. The van der Waals surface area contributed by atoms with Crippen molar-refractivity contribution in [1.29, 1.82) is 0 Å². The Morgan fingerprint density at radius 3 is 2.24 bits per heavy atom. The molecule has 0 bridgehead atoms. The minimum absolute atomic E-state index is 0.675. The van der Waals surface area contributed by atoms with Crippen LogP contribution >= 0.6 is 0 Å². The van der Waals surface area contributed by atoms with Crippen LogP contribution in [0.2, 0.25) is 0 Å². The Balaban J connectivity index is 1.95. The van der Waals surface area contributed by atoms with Crippen LogP contribution in [0.4, 0.5) is 5.95 Å². The summed E-state index contributed by atoms with van der Waals surface area (Å²) in [5.41, 5.74) is 2.47. The van der Waals surface area contributed by atoms with E-state index in [0.29, 0.717) is 12.5 Å². The summed E-state index contributed by atoms with van der Waals surface area (Å²) in [6.07, 6.45) is 7.50. The van der Waals surface area contributed by atoms with Gasteiger partial charge in [-0.3, -0.25) is 0 Å². The van der Waals surface area contributed by atoms with E-state index in [-0.39, 0.29) is 0 Å². The molecule has 0 unspecified atom stereocenters. The number of hydrogen-bond donors (Lipinski definition) is 0. The fraction of sp³-hybridized carbons (Fsp3) is 0.118. The van der Waals surface area contributed by atoms with Gasteiger partial charge >= 0.3 is 0 Å². The molecule has 2 heterocycles. The van der Waals surface area contributed by atoms with Gasteiger partial charge < -0.3 is 0 Å². The molecule has 1 aromatic carbocycles. The summed E-state index contributed by atoms with van der Waals surface area (Å²) in [7, 11) is 0. The molecule has 4 nitrogen and oxygen atoms in total. The molecule has 0 saturated heterocycles. The summed E-state index contributed by atoms with van der Waals surface area (Å²) in [5.74, 6) is 0.675. The Bertz CT molecular complexity index is 642. The number of pyridine rings is 1. The van der Waals surface area contributed by atoms with Crippen LogP contribution in [-0.4, -0.2) is 9.97 Å². The minimum Gasteiger partial charge on any atom is -0.217 e. The highest BCUT2D eigenvalue weighted by atomic mass is 15.6. The molecular formula is C17H17N4+. The molecule has 0 aliphatic rings. The third kappa shape index (κ3) is 3.23. The van der Waals surface area contributed by atoms with Crippen LogP contribution in [0, 0.1) is 6.92 Å². The molecule has 0 spiro atoms. The molecule has 4 heteroatoms. The molecular weight excluding hydrogens is 260 g/mol. The lowest BCUT2D eigenvalue weighted by Crippen LogP contribution is -2.54. The van der Waals surface area contributed by atoms with Crippen LogP contribution in [-0.2, 0) is 6.54 Å². The summed E-state index contributed by atoms with van der Waals surface area (Å²) in [4.78, 5) is 8.73. The van der Waals surface area contributed by atoms with Crippen molar-refractivity contribution in [3.05, 3.63) is 84.4 Å². The number of aromatic nitrogens is 3. The highest BCUT2D eigenvalue weighted by molar-refractivity contribution is 5.28. The maximum atomic E-state index is 4.36. The van der Waals surface area contributed by atoms with E-state index in [2.05, 4.69) is 41.2 Å². The summed E-state index contributed by atoms with van der Waals surface area (Å²) in [6.45, 7) is 2.80. The maximum absolute atomic E-state index is 4.36. The predicted molar refractivity (Wildman–Crippen MR) is 81.4 cm³/mol. The molecule has 3 aromatic rings. The summed E-state index contributed by atoms with van der Waals surface area (Å²) in [5, 5.41) is 2.03. The van der Waals surface area contributed by atoms with Crippen molar-refractivity contribution in [1.82, 2.24) is 9.97 Å². The number of rotatable bonds is 4. The van der Waals surface area contributed by atoms with Gasteiger partial charge in [0, 0.05) is 24.5 Å². The third-order valence-corrected chi connectivity index (χ3v) is 3.21. The number of hydrogen-bond acceptors (Lipinski definition) is 3.